The van der Waals surface area contributed by atoms with Crippen LogP contribution in [0.1, 0.15) is 18.5 Å². The summed E-state index contributed by atoms with van der Waals surface area (Å²) in [5.74, 6) is -1.01. The molecule has 1 N–H and O–H groups in total. The van der Waals surface area contributed by atoms with Crippen LogP contribution in [-0.2, 0) is 21.4 Å². The number of piperidine rings is 1. The molecule has 0 saturated carbocycles. The van der Waals surface area contributed by atoms with Crippen molar-refractivity contribution in [2.45, 2.75) is 18.9 Å². The van der Waals surface area contributed by atoms with Crippen molar-refractivity contribution in [3.63, 3.8) is 0 Å². The number of carbonyl (C=O) groups is 2. The van der Waals surface area contributed by atoms with E-state index in [1.165, 1.54) is 6.08 Å². The molecule has 1 aliphatic rings. The van der Waals surface area contributed by atoms with E-state index in [9.17, 15) is 9.59 Å². The minimum Gasteiger partial charge on any atom is -0.480 e. The number of ether oxygens (including phenoxy) is 1. The Hall–Kier alpha value is -2.15. The molecule has 0 aromatic carbocycles. The molecule has 1 aliphatic heterocycles. The number of hydrogen-bond acceptors (Lipinski definition) is 4. The number of amides is 1. The van der Waals surface area contributed by atoms with E-state index < -0.39 is 5.97 Å². The van der Waals surface area contributed by atoms with Gasteiger partial charge in [0.15, 0.2) is 0 Å². The summed E-state index contributed by atoms with van der Waals surface area (Å²) < 4.78 is 6.93. The Labute approximate surface area is 122 Å². The number of nitrogens with zero attached hydrogens (tertiary/aromatic N) is 3. The lowest BCUT2D eigenvalue weighted by Crippen LogP contribution is -2.40. The summed E-state index contributed by atoms with van der Waals surface area (Å²) in [7, 11) is 1.81. The zero-order chi connectivity index (χ0) is 15.2. The molecule has 7 heteroatoms. The van der Waals surface area contributed by atoms with Gasteiger partial charge < -0.3 is 14.7 Å². The number of aromatic nitrogens is 2. The fourth-order valence-electron chi connectivity index (χ4n) is 2.24. The van der Waals surface area contributed by atoms with E-state index in [4.69, 9.17) is 9.84 Å². The number of carboxylic acid groups (broad SMARTS) is 1. The Balaban J connectivity index is 1.79. The quantitative estimate of drug-likeness (QED) is 0.800. The molecule has 0 spiro atoms. The van der Waals surface area contributed by atoms with Crippen LogP contribution in [0.2, 0.25) is 0 Å². The molecular weight excluding hydrogens is 274 g/mol. The molecule has 0 unspecified atom stereocenters. The second kappa shape index (κ2) is 7.03. The van der Waals surface area contributed by atoms with Crippen LogP contribution >= 0.6 is 0 Å². The molecule has 1 aromatic rings. The molecule has 7 nitrogen and oxygen atoms in total. The lowest BCUT2D eigenvalue weighted by molar-refractivity contribution is -0.146. The highest BCUT2D eigenvalue weighted by molar-refractivity contribution is 5.91. The topological polar surface area (TPSA) is 84.7 Å². The van der Waals surface area contributed by atoms with Crippen LogP contribution in [0.25, 0.3) is 6.08 Å². The minimum absolute atomic E-state index is 0.0483. The van der Waals surface area contributed by atoms with E-state index in [1.807, 2.05) is 13.1 Å². The Bertz CT molecular complexity index is 530. The Kier molecular flexibility index (Phi) is 5.10. The van der Waals surface area contributed by atoms with E-state index >= 15 is 0 Å². The number of rotatable bonds is 5. The first kappa shape index (κ1) is 15.2. The van der Waals surface area contributed by atoms with Gasteiger partial charge in [-0.15, -0.1) is 0 Å². The molecular formula is C14H19N3O4. The monoisotopic (exact) mass is 293 g/mol. The van der Waals surface area contributed by atoms with Gasteiger partial charge in [-0.25, -0.2) is 4.79 Å². The lowest BCUT2D eigenvalue weighted by atomic mass is 10.1. The van der Waals surface area contributed by atoms with Crippen molar-refractivity contribution < 1.29 is 19.4 Å². The molecule has 0 aliphatic carbocycles. The summed E-state index contributed by atoms with van der Waals surface area (Å²) in [5.41, 5.74) is 0.864. The first-order valence-corrected chi connectivity index (χ1v) is 6.84. The zero-order valence-electron chi connectivity index (χ0n) is 11.9. The zero-order valence-corrected chi connectivity index (χ0v) is 11.9. The lowest BCUT2D eigenvalue weighted by Gasteiger charge is -2.30. The smallest absolute Gasteiger partial charge is 0.329 e. The van der Waals surface area contributed by atoms with Crippen LogP contribution < -0.4 is 0 Å². The number of likely N-dealkylation sites (tertiary alicyclic amines) is 1. The number of carbonyl (C=O) groups excluding carboxylic acids is 1. The summed E-state index contributed by atoms with van der Waals surface area (Å²) >= 11 is 0. The highest BCUT2D eigenvalue weighted by atomic mass is 16.5. The van der Waals surface area contributed by atoms with Gasteiger partial charge in [-0.1, -0.05) is 0 Å². The number of aryl methyl sites for hydroxylation is 1. The third-order valence-electron chi connectivity index (χ3n) is 3.45. The van der Waals surface area contributed by atoms with Crippen LogP contribution in [-0.4, -0.2) is 57.5 Å². The van der Waals surface area contributed by atoms with Gasteiger partial charge in [0.25, 0.3) is 0 Å². The van der Waals surface area contributed by atoms with Crippen molar-refractivity contribution >= 4 is 18.0 Å². The first-order valence-electron chi connectivity index (χ1n) is 6.84. The van der Waals surface area contributed by atoms with Crippen LogP contribution in [0, 0.1) is 0 Å². The van der Waals surface area contributed by atoms with Gasteiger partial charge in [0.2, 0.25) is 5.91 Å². The summed E-state index contributed by atoms with van der Waals surface area (Å²) in [5, 5.41) is 12.6. The van der Waals surface area contributed by atoms with Crippen LogP contribution in [0.4, 0.5) is 0 Å². The van der Waals surface area contributed by atoms with E-state index in [2.05, 4.69) is 5.10 Å². The number of hydrogen-bond donors (Lipinski definition) is 1. The van der Waals surface area contributed by atoms with Gasteiger partial charge in [0.05, 0.1) is 11.8 Å². The Morgan fingerprint density at radius 2 is 2.19 bits per heavy atom. The molecule has 1 fully saturated rings. The Morgan fingerprint density at radius 1 is 1.48 bits per heavy atom. The maximum Gasteiger partial charge on any atom is 0.329 e. The molecule has 21 heavy (non-hydrogen) atoms. The molecule has 1 aromatic heterocycles. The average Bonchev–Trinajstić information content (AvgIpc) is 2.88. The van der Waals surface area contributed by atoms with Gasteiger partial charge in [-0.2, -0.15) is 5.10 Å². The summed E-state index contributed by atoms with van der Waals surface area (Å²) in [6.07, 6.45) is 6.20. The predicted molar refractivity (Wildman–Crippen MR) is 75.4 cm³/mol. The molecule has 114 valence electrons. The number of aliphatic carboxylic acids is 1. The maximum atomic E-state index is 12.1. The molecule has 0 bridgehead atoms. The highest BCUT2D eigenvalue weighted by Crippen LogP contribution is 2.14. The van der Waals surface area contributed by atoms with Gasteiger partial charge in [-0.3, -0.25) is 9.48 Å². The molecule has 0 atom stereocenters. The number of carboxylic acids is 1. The van der Waals surface area contributed by atoms with Gasteiger partial charge >= 0.3 is 5.97 Å². The van der Waals surface area contributed by atoms with Crippen molar-refractivity contribution in [2.75, 3.05) is 19.7 Å². The van der Waals surface area contributed by atoms with Crippen molar-refractivity contribution in [1.82, 2.24) is 14.7 Å². The van der Waals surface area contributed by atoms with Gasteiger partial charge in [-0.05, 0) is 25.0 Å². The first-order chi connectivity index (χ1) is 10.1. The van der Waals surface area contributed by atoms with E-state index in [1.54, 1.807) is 21.9 Å². The third kappa shape index (κ3) is 4.42. The van der Waals surface area contributed by atoms with E-state index in [-0.39, 0.29) is 18.6 Å². The van der Waals surface area contributed by atoms with Crippen LogP contribution in [0.15, 0.2) is 18.3 Å². The van der Waals surface area contributed by atoms with Gasteiger partial charge in [0.1, 0.15) is 6.61 Å². The minimum atomic E-state index is -0.965. The standard InChI is InChI=1S/C14H19N3O4/c1-16-11(4-7-15-16)2-3-13(18)17-8-5-12(6-9-17)21-10-14(19)20/h2-4,7,12H,5-6,8-10H2,1H3,(H,19,20). The second-order valence-electron chi connectivity index (χ2n) is 4.94. The van der Waals surface area contributed by atoms with E-state index in [0.717, 1.165) is 5.69 Å². The average molecular weight is 293 g/mol. The summed E-state index contributed by atoms with van der Waals surface area (Å²) in [6.45, 7) is 0.886. The molecule has 1 saturated heterocycles. The van der Waals surface area contributed by atoms with Gasteiger partial charge in [0, 0.05) is 32.4 Å². The van der Waals surface area contributed by atoms with Crippen molar-refractivity contribution in [2.24, 2.45) is 7.05 Å². The largest absolute Gasteiger partial charge is 0.480 e. The summed E-state index contributed by atoms with van der Waals surface area (Å²) in [6, 6.07) is 1.83. The fraction of sp³-hybridized carbons (Fsp3) is 0.500. The molecule has 2 rings (SSSR count). The molecule has 0 radical (unpaired) electrons. The predicted octanol–water partition coefficient (Wildman–Crippen LogP) is 0.525. The van der Waals surface area contributed by atoms with Crippen LogP contribution in [0.5, 0.6) is 0 Å². The Morgan fingerprint density at radius 3 is 2.76 bits per heavy atom. The normalized spacial score (nSPS) is 16.5. The molecule has 1 amide bonds. The maximum absolute atomic E-state index is 12.1. The third-order valence-corrected chi connectivity index (χ3v) is 3.45. The van der Waals surface area contributed by atoms with Crippen molar-refractivity contribution in [3.8, 4) is 0 Å². The molecule has 2 heterocycles. The van der Waals surface area contributed by atoms with E-state index in [0.29, 0.717) is 25.9 Å². The van der Waals surface area contributed by atoms with Crippen LogP contribution in [0.3, 0.4) is 0 Å². The SMILES string of the molecule is Cn1nccc1C=CC(=O)N1CCC(OCC(=O)O)CC1. The van der Waals surface area contributed by atoms with Crippen molar-refractivity contribution in [1.29, 1.82) is 0 Å². The summed E-state index contributed by atoms with van der Waals surface area (Å²) in [4.78, 5) is 24.2. The second-order valence-corrected chi connectivity index (χ2v) is 4.94. The highest BCUT2D eigenvalue weighted by Gasteiger charge is 2.22. The van der Waals surface area contributed by atoms with Crippen molar-refractivity contribution in [3.05, 3.63) is 24.0 Å². The fourth-order valence-corrected chi connectivity index (χ4v) is 2.24.